The number of nitrogens with one attached hydrogen (secondary N) is 1. The molecule has 0 saturated carbocycles. The van der Waals surface area contributed by atoms with E-state index in [1.807, 2.05) is 0 Å². The first kappa shape index (κ1) is 10.8. The predicted octanol–water partition coefficient (Wildman–Crippen LogP) is -0.752. The Morgan fingerprint density at radius 2 is 1.75 bits per heavy atom. The molecule has 0 saturated heterocycles. The van der Waals surface area contributed by atoms with E-state index in [-0.39, 0.29) is 0 Å². The molecule has 1 N–H and O–H groups in total. The Kier molecular flexibility index (Phi) is 4.94. The van der Waals surface area contributed by atoms with Crippen LogP contribution >= 0.6 is 12.2 Å². The smallest absolute Gasteiger partial charge is 0.340 e. The highest BCUT2D eigenvalue weighted by molar-refractivity contribution is 7.78. The Balaban J connectivity index is 4.31. The minimum Gasteiger partial charge on any atom is -0.467 e. The number of hydrogen-bond donors (Lipinski definition) is 1. The van der Waals surface area contributed by atoms with E-state index in [2.05, 4.69) is 27.0 Å². The van der Waals surface area contributed by atoms with E-state index in [1.54, 1.807) is 0 Å². The monoisotopic (exact) mass is 191 g/mol. The lowest BCUT2D eigenvalue weighted by molar-refractivity contribution is -0.154. The summed E-state index contributed by atoms with van der Waals surface area (Å²) in [5.74, 6) is -1.47. The number of ether oxygens (including phenoxy) is 2. The Morgan fingerprint density at radius 1 is 1.33 bits per heavy atom. The van der Waals surface area contributed by atoms with Gasteiger partial charge in [0.1, 0.15) is 0 Å². The summed E-state index contributed by atoms with van der Waals surface area (Å²) in [5, 5.41) is 2.32. The molecule has 0 unspecified atom stereocenters. The quantitative estimate of drug-likeness (QED) is 0.358. The average Bonchev–Trinajstić information content (AvgIpc) is 2.11. The summed E-state index contributed by atoms with van der Waals surface area (Å²) in [4.78, 5) is 21.7. The maximum atomic E-state index is 10.9. The van der Waals surface area contributed by atoms with Gasteiger partial charge in [0.05, 0.1) is 19.7 Å². The van der Waals surface area contributed by atoms with E-state index in [1.165, 1.54) is 14.2 Å². The zero-order valence-electron chi connectivity index (χ0n) is 6.70. The molecule has 0 atom stereocenters. The van der Waals surface area contributed by atoms with Gasteiger partial charge in [-0.25, -0.2) is 9.59 Å². The summed E-state index contributed by atoms with van der Waals surface area (Å²) < 4.78 is 8.64. The number of carbonyl (C=O) groups excluding carboxylic acids is 2. The zero-order valence-corrected chi connectivity index (χ0v) is 7.51. The second kappa shape index (κ2) is 5.48. The van der Waals surface area contributed by atoms with E-state index in [4.69, 9.17) is 0 Å². The van der Waals surface area contributed by atoms with Crippen LogP contribution in [0, 0.1) is 0 Å². The first-order chi connectivity index (χ1) is 5.67. The van der Waals surface area contributed by atoms with E-state index >= 15 is 0 Å². The third-order valence-corrected chi connectivity index (χ3v) is 1.24. The maximum absolute atomic E-state index is 10.9. The van der Waals surface area contributed by atoms with Crippen LogP contribution < -0.4 is 5.32 Å². The van der Waals surface area contributed by atoms with Gasteiger partial charge in [0.2, 0.25) is 6.04 Å². The van der Waals surface area contributed by atoms with Crippen molar-refractivity contribution >= 4 is 29.6 Å². The molecule has 0 aromatic rings. The summed E-state index contributed by atoms with van der Waals surface area (Å²) in [6.07, 6.45) is 0. The molecule has 5 nitrogen and oxygen atoms in total. The first-order valence-electron chi connectivity index (χ1n) is 3.02. The molecule has 0 fully saturated rings. The second-order valence-corrected chi connectivity index (χ2v) is 2.00. The zero-order chi connectivity index (χ0) is 9.56. The van der Waals surface area contributed by atoms with Crippen LogP contribution in [0.1, 0.15) is 0 Å². The number of rotatable bonds is 4. The number of thiocarbonyl (C=S) groups is 1. The molecule has 12 heavy (non-hydrogen) atoms. The molecule has 0 amide bonds. The third-order valence-electron chi connectivity index (χ3n) is 1.11. The highest BCUT2D eigenvalue weighted by Crippen LogP contribution is 1.90. The largest absolute Gasteiger partial charge is 0.467 e. The van der Waals surface area contributed by atoms with Crippen LogP contribution in [0.3, 0.4) is 0 Å². The molecule has 0 aliphatic carbocycles. The standard InChI is InChI=1S/C6H9NO4S/c1-10-5(8)4(7-3-12)6(9)11-2/h3-4H,1-2H3,(H,7,12). The Morgan fingerprint density at radius 3 is 2.00 bits per heavy atom. The van der Waals surface area contributed by atoms with Crippen molar-refractivity contribution in [2.45, 2.75) is 6.04 Å². The second-order valence-electron chi connectivity index (χ2n) is 1.76. The van der Waals surface area contributed by atoms with E-state index in [9.17, 15) is 9.59 Å². The minimum atomic E-state index is -1.17. The highest BCUT2D eigenvalue weighted by Gasteiger charge is 2.26. The molecule has 68 valence electrons. The molecule has 0 spiro atoms. The van der Waals surface area contributed by atoms with Gasteiger partial charge in [0.25, 0.3) is 0 Å². The van der Waals surface area contributed by atoms with Crippen LogP contribution in [0.4, 0.5) is 0 Å². The molecule has 0 rings (SSSR count). The van der Waals surface area contributed by atoms with Gasteiger partial charge in [-0.05, 0) is 0 Å². The fourth-order valence-corrected chi connectivity index (χ4v) is 0.672. The molecular formula is C6H9NO4S. The highest BCUT2D eigenvalue weighted by atomic mass is 32.1. The van der Waals surface area contributed by atoms with Crippen LogP contribution in [-0.4, -0.2) is 37.7 Å². The van der Waals surface area contributed by atoms with Crippen LogP contribution in [0.25, 0.3) is 0 Å². The molecule has 0 aliphatic rings. The van der Waals surface area contributed by atoms with Crippen LogP contribution in [0.5, 0.6) is 0 Å². The first-order valence-corrected chi connectivity index (χ1v) is 3.49. The Bertz CT molecular complexity index is 178. The van der Waals surface area contributed by atoms with Gasteiger partial charge in [0.15, 0.2) is 0 Å². The molecule has 0 heterocycles. The fraction of sp³-hybridized carbons (Fsp3) is 0.500. The van der Waals surface area contributed by atoms with Crippen LogP contribution in [-0.2, 0) is 19.1 Å². The van der Waals surface area contributed by atoms with Crippen LogP contribution in [0.15, 0.2) is 0 Å². The maximum Gasteiger partial charge on any atom is 0.340 e. The molecule has 6 heteroatoms. The number of methoxy groups -OCH3 is 2. The molecule has 0 bridgehead atoms. The minimum absolute atomic E-state index is 0.733. The molecule has 0 aromatic heterocycles. The van der Waals surface area contributed by atoms with Gasteiger partial charge in [-0.3, -0.25) is 0 Å². The molecule has 0 aliphatic heterocycles. The van der Waals surface area contributed by atoms with Crippen molar-refractivity contribution < 1.29 is 19.1 Å². The van der Waals surface area contributed by atoms with Crippen molar-refractivity contribution in [1.82, 2.24) is 5.32 Å². The van der Waals surface area contributed by atoms with E-state index < -0.39 is 18.0 Å². The summed E-state index contributed by atoms with van der Waals surface area (Å²) in [7, 11) is 2.34. The lowest BCUT2D eigenvalue weighted by Gasteiger charge is -2.10. The lowest BCUT2D eigenvalue weighted by atomic mass is 10.3. The summed E-state index contributed by atoms with van der Waals surface area (Å²) >= 11 is 4.41. The van der Waals surface area contributed by atoms with Gasteiger partial charge < -0.3 is 14.8 Å². The van der Waals surface area contributed by atoms with Gasteiger partial charge in [0, 0.05) is 0 Å². The van der Waals surface area contributed by atoms with Crippen molar-refractivity contribution in [2.24, 2.45) is 0 Å². The number of carbonyl (C=O) groups is 2. The number of hydrogen-bond acceptors (Lipinski definition) is 5. The van der Waals surface area contributed by atoms with Gasteiger partial charge >= 0.3 is 11.9 Å². The number of esters is 2. The lowest BCUT2D eigenvalue weighted by Crippen LogP contribution is -2.43. The SMILES string of the molecule is COC(=O)C(NC=S)C(=O)OC. The fourth-order valence-electron chi connectivity index (χ4n) is 0.536. The van der Waals surface area contributed by atoms with Crippen molar-refractivity contribution in [2.75, 3.05) is 14.2 Å². The van der Waals surface area contributed by atoms with E-state index in [0.717, 1.165) is 5.49 Å². The predicted molar refractivity (Wildman–Crippen MR) is 44.6 cm³/mol. The van der Waals surface area contributed by atoms with Crippen molar-refractivity contribution in [3.8, 4) is 0 Å². The van der Waals surface area contributed by atoms with Gasteiger partial charge in [-0.15, -0.1) is 0 Å². The van der Waals surface area contributed by atoms with E-state index in [0.29, 0.717) is 0 Å². The van der Waals surface area contributed by atoms with Gasteiger partial charge in [-0.2, -0.15) is 0 Å². The molecule has 0 radical (unpaired) electrons. The van der Waals surface area contributed by atoms with Crippen molar-refractivity contribution in [1.29, 1.82) is 0 Å². The van der Waals surface area contributed by atoms with Crippen molar-refractivity contribution in [3.05, 3.63) is 0 Å². The van der Waals surface area contributed by atoms with Gasteiger partial charge in [-0.1, -0.05) is 12.2 Å². The average molecular weight is 191 g/mol. The summed E-state index contributed by atoms with van der Waals surface area (Å²) in [6, 6.07) is -1.17. The third kappa shape index (κ3) is 2.83. The Hall–Kier alpha value is -1.17. The topological polar surface area (TPSA) is 64.6 Å². The summed E-state index contributed by atoms with van der Waals surface area (Å²) in [5.41, 5.74) is 1.05. The van der Waals surface area contributed by atoms with Crippen molar-refractivity contribution in [3.63, 3.8) is 0 Å². The normalized spacial score (nSPS) is 8.92. The molecular weight excluding hydrogens is 182 g/mol. The van der Waals surface area contributed by atoms with Crippen LogP contribution in [0.2, 0.25) is 0 Å². The summed E-state index contributed by atoms with van der Waals surface area (Å²) in [6.45, 7) is 0. The Labute approximate surface area is 75.0 Å². The molecule has 0 aromatic carbocycles.